The molecule has 0 bridgehead atoms. The Balaban J connectivity index is 1.77. The van der Waals surface area contributed by atoms with Gasteiger partial charge >= 0.3 is 0 Å². The van der Waals surface area contributed by atoms with Crippen LogP contribution in [0.4, 0.5) is 0 Å². The van der Waals surface area contributed by atoms with Crippen molar-refractivity contribution >= 4 is 11.3 Å². The Morgan fingerprint density at radius 2 is 2.14 bits per heavy atom. The van der Waals surface area contributed by atoms with Crippen molar-refractivity contribution in [1.29, 1.82) is 0 Å². The lowest BCUT2D eigenvalue weighted by molar-refractivity contribution is 0.174. The monoisotopic (exact) mass is 304 g/mol. The van der Waals surface area contributed by atoms with Crippen molar-refractivity contribution < 1.29 is 0 Å². The summed E-state index contributed by atoms with van der Waals surface area (Å²) in [5.41, 5.74) is 1.42. The first-order valence-corrected chi connectivity index (χ1v) is 8.79. The molecule has 114 valence electrons. The molecule has 2 heterocycles. The lowest BCUT2D eigenvalue weighted by atomic mass is 10.2. The van der Waals surface area contributed by atoms with E-state index in [0.717, 1.165) is 25.5 Å². The van der Waals surface area contributed by atoms with E-state index in [1.54, 1.807) is 6.33 Å². The van der Waals surface area contributed by atoms with E-state index < -0.39 is 0 Å². The van der Waals surface area contributed by atoms with Crippen LogP contribution in [0.5, 0.6) is 0 Å². The lowest BCUT2D eigenvalue weighted by Gasteiger charge is -2.28. The van der Waals surface area contributed by atoms with Crippen molar-refractivity contribution in [3.05, 3.63) is 34.0 Å². The second kappa shape index (κ2) is 6.71. The fraction of sp³-hybridized carbons (Fsp3) is 0.625. The summed E-state index contributed by atoms with van der Waals surface area (Å²) in [6.45, 7) is 7.20. The number of nitrogens with zero attached hydrogens (tertiary/aromatic N) is 4. The summed E-state index contributed by atoms with van der Waals surface area (Å²) in [7, 11) is 0. The van der Waals surface area contributed by atoms with Gasteiger partial charge in [0.25, 0.3) is 0 Å². The molecule has 0 N–H and O–H groups in total. The van der Waals surface area contributed by atoms with Gasteiger partial charge < -0.3 is 0 Å². The van der Waals surface area contributed by atoms with Gasteiger partial charge in [0.05, 0.1) is 6.54 Å². The topological polar surface area (TPSA) is 34.0 Å². The molecule has 1 fully saturated rings. The van der Waals surface area contributed by atoms with E-state index in [1.165, 1.54) is 36.1 Å². The van der Waals surface area contributed by atoms with Crippen LogP contribution < -0.4 is 0 Å². The zero-order valence-electron chi connectivity index (χ0n) is 13.0. The Morgan fingerprint density at radius 1 is 1.33 bits per heavy atom. The van der Waals surface area contributed by atoms with Crippen molar-refractivity contribution in [2.75, 3.05) is 0 Å². The molecular formula is C16H24N4S. The van der Waals surface area contributed by atoms with Crippen molar-refractivity contribution in [1.82, 2.24) is 19.7 Å². The number of rotatable bonds is 6. The van der Waals surface area contributed by atoms with Crippen LogP contribution in [0.3, 0.4) is 0 Å². The van der Waals surface area contributed by atoms with Gasteiger partial charge in [0.2, 0.25) is 0 Å². The standard InChI is InChI=1S/C16H24N4S/c1-3-20-16(17-12-18-20)11-19(14-6-4-5-7-14)10-15-13(2)8-9-21-15/h8-9,12,14H,3-7,10-11H2,1-2H3. The van der Waals surface area contributed by atoms with Gasteiger partial charge in [-0.15, -0.1) is 11.3 Å². The average molecular weight is 304 g/mol. The van der Waals surface area contributed by atoms with E-state index in [1.807, 2.05) is 16.0 Å². The summed E-state index contributed by atoms with van der Waals surface area (Å²) >= 11 is 1.87. The normalized spacial score (nSPS) is 16.1. The van der Waals surface area contributed by atoms with Gasteiger partial charge in [-0.25, -0.2) is 9.67 Å². The summed E-state index contributed by atoms with van der Waals surface area (Å²) in [6, 6.07) is 2.93. The Labute approximate surface area is 130 Å². The molecule has 5 heteroatoms. The highest BCUT2D eigenvalue weighted by Gasteiger charge is 2.24. The largest absolute Gasteiger partial charge is 0.288 e. The third-order valence-corrected chi connectivity index (χ3v) is 5.50. The molecule has 1 aliphatic carbocycles. The zero-order chi connectivity index (χ0) is 14.7. The zero-order valence-corrected chi connectivity index (χ0v) is 13.8. The number of hydrogen-bond acceptors (Lipinski definition) is 4. The molecule has 0 atom stereocenters. The van der Waals surface area contributed by atoms with E-state index in [-0.39, 0.29) is 0 Å². The van der Waals surface area contributed by atoms with Gasteiger partial charge in [-0.3, -0.25) is 4.90 Å². The van der Waals surface area contributed by atoms with Crippen LogP contribution >= 0.6 is 11.3 Å². The number of hydrogen-bond donors (Lipinski definition) is 0. The smallest absolute Gasteiger partial charge is 0.141 e. The van der Waals surface area contributed by atoms with E-state index in [4.69, 9.17) is 0 Å². The van der Waals surface area contributed by atoms with Gasteiger partial charge in [0.1, 0.15) is 12.2 Å². The van der Waals surface area contributed by atoms with E-state index in [9.17, 15) is 0 Å². The number of aryl methyl sites for hydroxylation is 2. The maximum atomic E-state index is 4.46. The van der Waals surface area contributed by atoms with Gasteiger partial charge in [-0.1, -0.05) is 12.8 Å². The summed E-state index contributed by atoms with van der Waals surface area (Å²) in [5, 5.41) is 6.51. The van der Waals surface area contributed by atoms with Gasteiger partial charge in [-0.05, 0) is 43.7 Å². The number of aromatic nitrogens is 3. The molecule has 2 aromatic heterocycles. The molecule has 2 aromatic rings. The van der Waals surface area contributed by atoms with Crippen LogP contribution in [0, 0.1) is 6.92 Å². The predicted molar refractivity (Wildman–Crippen MR) is 86.3 cm³/mol. The fourth-order valence-corrected chi connectivity index (χ4v) is 4.12. The SMILES string of the molecule is CCn1ncnc1CN(Cc1sccc1C)C1CCCC1. The predicted octanol–water partition coefficient (Wildman–Crippen LogP) is 3.61. The van der Waals surface area contributed by atoms with E-state index in [2.05, 4.69) is 40.3 Å². The molecule has 1 saturated carbocycles. The van der Waals surface area contributed by atoms with E-state index >= 15 is 0 Å². The summed E-state index contributed by atoms with van der Waals surface area (Å²) in [6.07, 6.45) is 7.06. The highest BCUT2D eigenvalue weighted by Crippen LogP contribution is 2.28. The summed E-state index contributed by atoms with van der Waals surface area (Å²) < 4.78 is 2.02. The maximum Gasteiger partial charge on any atom is 0.141 e. The van der Waals surface area contributed by atoms with Crippen LogP contribution in [-0.2, 0) is 19.6 Å². The van der Waals surface area contributed by atoms with Crippen molar-refractivity contribution in [2.24, 2.45) is 0 Å². The van der Waals surface area contributed by atoms with Crippen LogP contribution in [-0.4, -0.2) is 25.7 Å². The fourth-order valence-electron chi connectivity index (χ4n) is 3.19. The molecule has 0 amide bonds. The minimum absolute atomic E-state index is 0.702. The Morgan fingerprint density at radius 3 is 2.81 bits per heavy atom. The van der Waals surface area contributed by atoms with Crippen LogP contribution in [0.25, 0.3) is 0 Å². The first-order chi connectivity index (χ1) is 10.3. The molecule has 0 saturated heterocycles. The molecule has 21 heavy (non-hydrogen) atoms. The quantitative estimate of drug-likeness (QED) is 0.817. The molecule has 3 rings (SSSR count). The van der Waals surface area contributed by atoms with Gasteiger partial charge in [0, 0.05) is 24.0 Å². The van der Waals surface area contributed by atoms with Crippen LogP contribution in [0.1, 0.15) is 48.9 Å². The van der Waals surface area contributed by atoms with Crippen molar-refractivity contribution in [2.45, 2.75) is 65.2 Å². The third kappa shape index (κ3) is 3.35. The van der Waals surface area contributed by atoms with E-state index in [0.29, 0.717) is 6.04 Å². The Bertz CT molecular complexity index is 568. The maximum absolute atomic E-state index is 4.46. The second-order valence-corrected chi connectivity index (χ2v) is 6.86. The van der Waals surface area contributed by atoms with Crippen molar-refractivity contribution in [3.63, 3.8) is 0 Å². The highest BCUT2D eigenvalue weighted by atomic mass is 32.1. The molecule has 0 aromatic carbocycles. The first kappa shape index (κ1) is 14.7. The van der Waals surface area contributed by atoms with Crippen LogP contribution in [0.15, 0.2) is 17.8 Å². The minimum Gasteiger partial charge on any atom is -0.288 e. The van der Waals surface area contributed by atoms with Crippen molar-refractivity contribution in [3.8, 4) is 0 Å². The molecule has 0 radical (unpaired) electrons. The molecule has 4 nitrogen and oxygen atoms in total. The van der Waals surface area contributed by atoms with Gasteiger partial charge in [0.15, 0.2) is 0 Å². The Hall–Kier alpha value is -1.20. The summed E-state index contributed by atoms with van der Waals surface area (Å²) in [4.78, 5) is 8.57. The van der Waals surface area contributed by atoms with Crippen LogP contribution in [0.2, 0.25) is 0 Å². The average Bonchev–Trinajstić information content (AvgIpc) is 3.20. The molecule has 0 unspecified atom stereocenters. The van der Waals surface area contributed by atoms with Gasteiger partial charge in [-0.2, -0.15) is 5.10 Å². The molecular weight excluding hydrogens is 280 g/mol. The first-order valence-electron chi connectivity index (χ1n) is 7.91. The number of thiophene rings is 1. The molecule has 1 aliphatic rings. The summed E-state index contributed by atoms with van der Waals surface area (Å²) in [5.74, 6) is 1.10. The lowest BCUT2D eigenvalue weighted by Crippen LogP contribution is -2.33. The second-order valence-electron chi connectivity index (χ2n) is 5.86. The minimum atomic E-state index is 0.702. The molecule has 0 aliphatic heterocycles. The Kier molecular flexibility index (Phi) is 4.70. The molecule has 0 spiro atoms. The third-order valence-electron chi connectivity index (χ3n) is 4.50. The highest BCUT2D eigenvalue weighted by molar-refractivity contribution is 7.10.